The molecule has 0 aliphatic carbocycles. The van der Waals surface area contributed by atoms with Gasteiger partial charge in [0.25, 0.3) is 0 Å². The molecule has 3 nitrogen and oxygen atoms in total. The maximum atomic E-state index is 13.7. The Kier molecular flexibility index (Phi) is 4.95. The summed E-state index contributed by atoms with van der Waals surface area (Å²) in [6.07, 6.45) is 2.19. The van der Waals surface area contributed by atoms with E-state index in [-0.39, 0.29) is 12.7 Å². The van der Waals surface area contributed by atoms with E-state index >= 15 is 0 Å². The molecule has 1 heterocycles. The standard InChI is InChI=1S/C13H17ClFNO2/c14-10-4-1-5-11(15)13(10)12(8-17)16-7-9-3-2-6-18-9/h1,4-5,9,12,16-17H,2-3,6-8H2. The van der Waals surface area contributed by atoms with Crippen molar-refractivity contribution in [3.05, 3.63) is 34.6 Å². The molecule has 2 rings (SSSR count). The minimum Gasteiger partial charge on any atom is -0.394 e. The van der Waals surface area contributed by atoms with Crippen LogP contribution in [0.5, 0.6) is 0 Å². The summed E-state index contributed by atoms with van der Waals surface area (Å²) in [5, 5.41) is 12.8. The average molecular weight is 274 g/mol. The van der Waals surface area contributed by atoms with Gasteiger partial charge in [-0.3, -0.25) is 0 Å². The number of hydrogen-bond donors (Lipinski definition) is 2. The van der Waals surface area contributed by atoms with Gasteiger partial charge in [0, 0.05) is 23.7 Å². The SMILES string of the molecule is OCC(NCC1CCCO1)c1c(F)cccc1Cl. The Morgan fingerprint density at radius 1 is 1.56 bits per heavy atom. The van der Waals surface area contributed by atoms with Gasteiger partial charge in [-0.2, -0.15) is 0 Å². The lowest BCUT2D eigenvalue weighted by molar-refractivity contribution is 0.103. The third-order valence-corrected chi connectivity index (χ3v) is 3.48. The highest BCUT2D eigenvalue weighted by molar-refractivity contribution is 6.31. The average Bonchev–Trinajstić information content (AvgIpc) is 2.86. The third-order valence-electron chi connectivity index (χ3n) is 3.15. The van der Waals surface area contributed by atoms with Gasteiger partial charge in [-0.25, -0.2) is 4.39 Å². The highest BCUT2D eigenvalue weighted by atomic mass is 35.5. The van der Waals surface area contributed by atoms with E-state index in [0.717, 1.165) is 19.4 Å². The summed E-state index contributed by atoms with van der Waals surface area (Å²) in [6.45, 7) is 1.17. The Hall–Kier alpha value is -0.680. The summed E-state index contributed by atoms with van der Waals surface area (Å²) in [6, 6.07) is 4.02. The summed E-state index contributed by atoms with van der Waals surface area (Å²) in [4.78, 5) is 0. The fourth-order valence-corrected chi connectivity index (χ4v) is 2.48. The summed E-state index contributed by atoms with van der Waals surface area (Å²) in [5.74, 6) is -0.401. The van der Waals surface area contributed by atoms with Crippen molar-refractivity contribution in [2.45, 2.75) is 25.0 Å². The van der Waals surface area contributed by atoms with E-state index in [0.29, 0.717) is 17.1 Å². The molecule has 1 aliphatic rings. The van der Waals surface area contributed by atoms with Crippen molar-refractivity contribution in [2.75, 3.05) is 19.8 Å². The Labute approximate surface area is 111 Å². The Balaban J connectivity index is 2.03. The van der Waals surface area contributed by atoms with Crippen molar-refractivity contribution in [3.63, 3.8) is 0 Å². The topological polar surface area (TPSA) is 41.5 Å². The highest BCUT2D eigenvalue weighted by Crippen LogP contribution is 2.26. The van der Waals surface area contributed by atoms with Crippen LogP contribution in [0.3, 0.4) is 0 Å². The first kappa shape index (κ1) is 13.7. The number of benzene rings is 1. The molecule has 0 spiro atoms. The quantitative estimate of drug-likeness (QED) is 0.865. The molecule has 5 heteroatoms. The zero-order valence-electron chi connectivity index (χ0n) is 10.0. The second kappa shape index (κ2) is 6.48. The molecule has 18 heavy (non-hydrogen) atoms. The van der Waals surface area contributed by atoms with Crippen LogP contribution in [0.15, 0.2) is 18.2 Å². The Morgan fingerprint density at radius 3 is 3.00 bits per heavy atom. The predicted octanol–water partition coefficient (Wildman–Crippen LogP) is 2.28. The molecule has 2 atom stereocenters. The maximum absolute atomic E-state index is 13.7. The van der Waals surface area contributed by atoms with E-state index in [1.807, 2.05) is 0 Å². The van der Waals surface area contributed by atoms with Gasteiger partial charge in [-0.05, 0) is 25.0 Å². The van der Waals surface area contributed by atoms with Gasteiger partial charge >= 0.3 is 0 Å². The molecule has 1 aliphatic heterocycles. The van der Waals surface area contributed by atoms with E-state index in [1.165, 1.54) is 6.07 Å². The van der Waals surface area contributed by atoms with Crippen molar-refractivity contribution in [1.82, 2.24) is 5.32 Å². The first-order chi connectivity index (χ1) is 8.72. The molecule has 0 saturated carbocycles. The highest BCUT2D eigenvalue weighted by Gasteiger charge is 2.21. The number of aliphatic hydroxyl groups excluding tert-OH is 1. The lowest BCUT2D eigenvalue weighted by Crippen LogP contribution is -2.32. The minimum absolute atomic E-state index is 0.143. The molecule has 0 bridgehead atoms. The summed E-state index contributed by atoms with van der Waals surface area (Å²) in [5.41, 5.74) is 0.319. The molecule has 0 aromatic heterocycles. The van der Waals surface area contributed by atoms with Gasteiger partial charge in [0.05, 0.1) is 18.8 Å². The van der Waals surface area contributed by atoms with Crippen molar-refractivity contribution >= 4 is 11.6 Å². The van der Waals surface area contributed by atoms with Crippen LogP contribution in [0.25, 0.3) is 0 Å². The zero-order valence-corrected chi connectivity index (χ0v) is 10.8. The van der Waals surface area contributed by atoms with Gasteiger partial charge < -0.3 is 15.2 Å². The van der Waals surface area contributed by atoms with E-state index in [4.69, 9.17) is 16.3 Å². The molecular weight excluding hydrogens is 257 g/mol. The van der Waals surface area contributed by atoms with Crippen LogP contribution in [-0.2, 0) is 4.74 Å². The predicted molar refractivity (Wildman–Crippen MR) is 68.2 cm³/mol. The van der Waals surface area contributed by atoms with Crippen LogP contribution >= 0.6 is 11.6 Å². The lowest BCUT2D eigenvalue weighted by Gasteiger charge is -2.20. The molecule has 100 valence electrons. The van der Waals surface area contributed by atoms with Crippen LogP contribution in [-0.4, -0.2) is 31.0 Å². The first-order valence-electron chi connectivity index (χ1n) is 6.12. The number of halogens is 2. The van der Waals surface area contributed by atoms with E-state index in [2.05, 4.69) is 5.32 Å². The lowest BCUT2D eigenvalue weighted by atomic mass is 10.1. The second-order valence-electron chi connectivity index (χ2n) is 4.41. The molecular formula is C13H17ClFNO2. The van der Waals surface area contributed by atoms with Gasteiger partial charge in [-0.15, -0.1) is 0 Å². The minimum atomic E-state index is -0.497. The van der Waals surface area contributed by atoms with Gasteiger partial charge in [0.15, 0.2) is 0 Å². The van der Waals surface area contributed by atoms with Crippen LogP contribution in [0.4, 0.5) is 4.39 Å². The van der Waals surface area contributed by atoms with Crippen molar-refractivity contribution in [2.24, 2.45) is 0 Å². The molecule has 2 unspecified atom stereocenters. The van der Waals surface area contributed by atoms with E-state index in [9.17, 15) is 9.50 Å². The molecule has 2 N–H and O–H groups in total. The van der Waals surface area contributed by atoms with Crippen LogP contribution in [0.2, 0.25) is 5.02 Å². The Morgan fingerprint density at radius 2 is 2.39 bits per heavy atom. The number of rotatable bonds is 5. The molecule has 1 aromatic carbocycles. The van der Waals surface area contributed by atoms with Crippen molar-refractivity contribution < 1.29 is 14.2 Å². The summed E-state index contributed by atoms with van der Waals surface area (Å²) >= 11 is 5.98. The van der Waals surface area contributed by atoms with E-state index < -0.39 is 11.9 Å². The third kappa shape index (κ3) is 3.20. The van der Waals surface area contributed by atoms with E-state index in [1.54, 1.807) is 12.1 Å². The van der Waals surface area contributed by atoms with Crippen LogP contribution in [0, 0.1) is 5.82 Å². The monoisotopic (exact) mass is 273 g/mol. The number of ether oxygens (including phenoxy) is 1. The maximum Gasteiger partial charge on any atom is 0.129 e. The molecule has 1 fully saturated rings. The van der Waals surface area contributed by atoms with Gasteiger partial charge in [-0.1, -0.05) is 17.7 Å². The number of nitrogens with one attached hydrogen (secondary N) is 1. The summed E-state index contributed by atoms with van der Waals surface area (Å²) < 4.78 is 19.2. The number of hydrogen-bond acceptors (Lipinski definition) is 3. The molecule has 1 saturated heterocycles. The Bertz CT molecular complexity index is 376. The molecule has 0 radical (unpaired) electrons. The normalized spacial score (nSPS) is 21.2. The number of aliphatic hydroxyl groups is 1. The fraction of sp³-hybridized carbons (Fsp3) is 0.538. The van der Waals surface area contributed by atoms with Crippen molar-refractivity contribution in [3.8, 4) is 0 Å². The zero-order chi connectivity index (χ0) is 13.0. The van der Waals surface area contributed by atoms with Crippen LogP contribution < -0.4 is 5.32 Å². The van der Waals surface area contributed by atoms with Crippen LogP contribution in [0.1, 0.15) is 24.4 Å². The second-order valence-corrected chi connectivity index (χ2v) is 4.82. The summed E-state index contributed by atoms with van der Waals surface area (Å²) in [7, 11) is 0. The molecule has 1 aromatic rings. The largest absolute Gasteiger partial charge is 0.394 e. The first-order valence-corrected chi connectivity index (χ1v) is 6.50. The van der Waals surface area contributed by atoms with Gasteiger partial charge in [0.2, 0.25) is 0 Å². The molecule has 0 amide bonds. The van der Waals surface area contributed by atoms with Crippen molar-refractivity contribution in [1.29, 1.82) is 0 Å². The smallest absolute Gasteiger partial charge is 0.129 e. The van der Waals surface area contributed by atoms with Gasteiger partial charge in [0.1, 0.15) is 5.82 Å². The fourth-order valence-electron chi connectivity index (χ4n) is 2.18.